The monoisotopic (exact) mass is 339 g/mol. The first-order valence-corrected chi connectivity index (χ1v) is 7.62. The predicted molar refractivity (Wildman–Crippen MR) is 82.5 cm³/mol. The van der Waals surface area contributed by atoms with Gasteiger partial charge >= 0.3 is 0 Å². The molecule has 0 saturated heterocycles. The lowest BCUT2D eigenvalue weighted by molar-refractivity contribution is 0.0680. The fraction of sp³-hybridized carbons (Fsp3) is 0.400. The Morgan fingerprint density at radius 1 is 1.35 bits per heavy atom. The molecule has 0 saturated carbocycles. The van der Waals surface area contributed by atoms with Crippen molar-refractivity contribution in [2.24, 2.45) is 0 Å². The molecule has 0 spiro atoms. The molecule has 0 bridgehead atoms. The molecule has 1 heterocycles. The molecule has 0 aliphatic heterocycles. The Kier molecular flexibility index (Phi) is 5.20. The lowest BCUT2D eigenvalue weighted by Crippen LogP contribution is -2.35. The summed E-state index contributed by atoms with van der Waals surface area (Å²) in [6.45, 7) is 3.71. The maximum Gasteiger partial charge on any atom is 0.289 e. The van der Waals surface area contributed by atoms with Crippen LogP contribution in [0.5, 0.6) is 0 Å². The van der Waals surface area contributed by atoms with Crippen LogP contribution in [-0.2, 0) is 4.74 Å². The van der Waals surface area contributed by atoms with Crippen LogP contribution in [-0.4, -0.2) is 42.9 Å². The molecule has 2 rings (SSSR count). The zero-order chi connectivity index (χ0) is 14.5. The van der Waals surface area contributed by atoms with Crippen molar-refractivity contribution in [1.29, 1.82) is 0 Å². The van der Waals surface area contributed by atoms with E-state index in [1.807, 2.05) is 25.1 Å². The average Bonchev–Trinajstić information content (AvgIpc) is 2.85. The zero-order valence-electron chi connectivity index (χ0n) is 11.7. The van der Waals surface area contributed by atoms with Crippen LogP contribution in [0.25, 0.3) is 11.0 Å². The Bertz CT molecular complexity index is 594. The highest BCUT2D eigenvalue weighted by molar-refractivity contribution is 9.09. The molecule has 0 unspecified atom stereocenters. The van der Waals surface area contributed by atoms with Gasteiger partial charge in [0.25, 0.3) is 5.91 Å². The molecule has 0 aliphatic rings. The highest BCUT2D eigenvalue weighted by Gasteiger charge is 2.19. The van der Waals surface area contributed by atoms with Gasteiger partial charge in [0.15, 0.2) is 5.76 Å². The smallest absolute Gasteiger partial charge is 0.289 e. The standard InChI is InChI=1S/C15H18BrNO3/c1-11-3-4-13-12(9-11)10-14(20-13)15(18)17(6-5-16)7-8-19-2/h3-4,9-10H,5-8H2,1-2H3. The third-order valence-corrected chi connectivity index (χ3v) is 3.44. The Labute approximate surface area is 126 Å². The molecule has 0 N–H and O–H groups in total. The summed E-state index contributed by atoms with van der Waals surface area (Å²) in [6, 6.07) is 7.69. The zero-order valence-corrected chi connectivity index (χ0v) is 13.3. The molecule has 1 amide bonds. The first kappa shape index (κ1) is 15.1. The number of furan rings is 1. The minimum Gasteiger partial charge on any atom is -0.451 e. The molecule has 20 heavy (non-hydrogen) atoms. The number of hydrogen-bond donors (Lipinski definition) is 0. The molecule has 4 nitrogen and oxygen atoms in total. The lowest BCUT2D eigenvalue weighted by Gasteiger charge is -2.19. The number of carbonyl (C=O) groups is 1. The van der Waals surface area contributed by atoms with Gasteiger partial charge in [-0.1, -0.05) is 27.6 Å². The normalized spacial score (nSPS) is 10.9. The molecule has 0 aliphatic carbocycles. The largest absolute Gasteiger partial charge is 0.451 e. The maximum atomic E-state index is 12.5. The number of aryl methyl sites for hydroxylation is 1. The molecular formula is C15H18BrNO3. The van der Waals surface area contributed by atoms with Crippen molar-refractivity contribution in [3.8, 4) is 0 Å². The number of methoxy groups -OCH3 is 1. The van der Waals surface area contributed by atoms with E-state index in [9.17, 15) is 4.79 Å². The number of amides is 1. The van der Waals surface area contributed by atoms with Gasteiger partial charge in [-0.2, -0.15) is 0 Å². The van der Waals surface area contributed by atoms with Crippen LogP contribution < -0.4 is 0 Å². The van der Waals surface area contributed by atoms with Gasteiger partial charge in [-0.25, -0.2) is 0 Å². The Morgan fingerprint density at radius 3 is 2.85 bits per heavy atom. The van der Waals surface area contributed by atoms with Gasteiger partial charge in [0.05, 0.1) is 6.61 Å². The molecule has 0 atom stereocenters. The summed E-state index contributed by atoms with van der Waals surface area (Å²) in [5, 5.41) is 1.68. The van der Waals surface area contributed by atoms with Crippen LogP contribution in [0.3, 0.4) is 0 Å². The highest BCUT2D eigenvalue weighted by atomic mass is 79.9. The van der Waals surface area contributed by atoms with Gasteiger partial charge in [0.2, 0.25) is 0 Å². The summed E-state index contributed by atoms with van der Waals surface area (Å²) in [6.07, 6.45) is 0. The third kappa shape index (κ3) is 3.41. The highest BCUT2D eigenvalue weighted by Crippen LogP contribution is 2.21. The topological polar surface area (TPSA) is 42.7 Å². The molecule has 2 aromatic rings. The number of rotatable bonds is 6. The number of fused-ring (bicyclic) bond motifs is 1. The molecule has 1 aromatic heterocycles. The first-order chi connectivity index (χ1) is 9.65. The van der Waals surface area contributed by atoms with E-state index in [4.69, 9.17) is 9.15 Å². The molecule has 0 radical (unpaired) electrons. The molecule has 5 heteroatoms. The molecule has 1 aromatic carbocycles. The first-order valence-electron chi connectivity index (χ1n) is 6.50. The van der Waals surface area contributed by atoms with Crippen molar-refractivity contribution in [1.82, 2.24) is 4.90 Å². The summed E-state index contributed by atoms with van der Waals surface area (Å²) in [5.41, 5.74) is 1.89. The third-order valence-electron chi connectivity index (χ3n) is 3.09. The van der Waals surface area contributed by atoms with Crippen molar-refractivity contribution in [2.75, 3.05) is 32.1 Å². The Hall–Kier alpha value is -1.33. The molecule has 0 fully saturated rings. The second kappa shape index (κ2) is 6.90. The summed E-state index contributed by atoms with van der Waals surface area (Å²) in [4.78, 5) is 14.2. The van der Waals surface area contributed by atoms with Gasteiger partial charge in [-0.3, -0.25) is 4.79 Å². The Morgan fingerprint density at radius 2 is 2.15 bits per heavy atom. The second-order valence-electron chi connectivity index (χ2n) is 4.63. The van der Waals surface area contributed by atoms with E-state index in [2.05, 4.69) is 15.9 Å². The number of nitrogens with zero attached hydrogens (tertiary/aromatic N) is 1. The van der Waals surface area contributed by atoms with Crippen LogP contribution in [0.15, 0.2) is 28.7 Å². The van der Waals surface area contributed by atoms with Crippen LogP contribution in [0.4, 0.5) is 0 Å². The van der Waals surface area contributed by atoms with Crippen LogP contribution in [0.1, 0.15) is 16.1 Å². The van der Waals surface area contributed by atoms with Crippen LogP contribution in [0, 0.1) is 6.92 Å². The fourth-order valence-corrected chi connectivity index (χ4v) is 2.47. The van der Waals surface area contributed by atoms with Gasteiger partial charge < -0.3 is 14.1 Å². The van der Waals surface area contributed by atoms with E-state index in [0.29, 0.717) is 25.5 Å². The minimum atomic E-state index is -0.102. The quantitative estimate of drug-likeness (QED) is 0.759. The van der Waals surface area contributed by atoms with Crippen LogP contribution >= 0.6 is 15.9 Å². The van der Waals surface area contributed by atoms with Crippen molar-refractivity contribution in [3.63, 3.8) is 0 Å². The SMILES string of the molecule is COCCN(CCBr)C(=O)c1cc2cc(C)ccc2o1. The molecular weight excluding hydrogens is 322 g/mol. The summed E-state index contributed by atoms with van der Waals surface area (Å²) < 4.78 is 10.7. The van der Waals surface area contributed by atoms with E-state index in [0.717, 1.165) is 21.9 Å². The summed E-state index contributed by atoms with van der Waals surface area (Å²) >= 11 is 3.36. The maximum absolute atomic E-state index is 12.5. The summed E-state index contributed by atoms with van der Waals surface area (Å²) in [5.74, 6) is 0.276. The number of halogens is 1. The molecule has 108 valence electrons. The van der Waals surface area contributed by atoms with Gasteiger partial charge in [-0.15, -0.1) is 0 Å². The van der Waals surface area contributed by atoms with E-state index >= 15 is 0 Å². The van der Waals surface area contributed by atoms with E-state index in [1.165, 1.54) is 0 Å². The number of hydrogen-bond acceptors (Lipinski definition) is 3. The van der Waals surface area contributed by atoms with E-state index in [1.54, 1.807) is 18.1 Å². The van der Waals surface area contributed by atoms with Crippen molar-refractivity contribution in [2.45, 2.75) is 6.92 Å². The summed E-state index contributed by atoms with van der Waals surface area (Å²) in [7, 11) is 1.63. The predicted octanol–water partition coefficient (Wildman–Crippen LogP) is 3.22. The van der Waals surface area contributed by atoms with Gasteiger partial charge in [-0.05, 0) is 25.1 Å². The number of ether oxygens (including phenoxy) is 1. The van der Waals surface area contributed by atoms with E-state index < -0.39 is 0 Å². The van der Waals surface area contributed by atoms with Crippen molar-refractivity contribution >= 4 is 32.8 Å². The number of carbonyl (C=O) groups excluding carboxylic acids is 1. The van der Waals surface area contributed by atoms with Gasteiger partial charge in [0, 0.05) is 30.9 Å². The van der Waals surface area contributed by atoms with Crippen molar-refractivity contribution in [3.05, 3.63) is 35.6 Å². The Balaban J connectivity index is 2.23. The number of benzene rings is 1. The second-order valence-corrected chi connectivity index (χ2v) is 5.42. The lowest BCUT2D eigenvalue weighted by atomic mass is 10.2. The average molecular weight is 340 g/mol. The number of alkyl halides is 1. The fourth-order valence-electron chi connectivity index (χ4n) is 2.04. The van der Waals surface area contributed by atoms with E-state index in [-0.39, 0.29) is 5.91 Å². The minimum absolute atomic E-state index is 0.102. The van der Waals surface area contributed by atoms with Crippen LogP contribution in [0.2, 0.25) is 0 Å². The van der Waals surface area contributed by atoms with Crippen molar-refractivity contribution < 1.29 is 13.9 Å². The van der Waals surface area contributed by atoms with Gasteiger partial charge in [0.1, 0.15) is 5.58 Å².